The van der Waals surface area contributed by atoms with Gasteiger partial charge in [0.1, 0.15) is 0 Å². The van der Waals surface area contributed by atoms with Crippen molar-refractivity contribution in [2.45, 2.75) is 6.92 Å². The summed E-state index contributed by atoms with van der Waals surface area (Å²) in [5, 5.41) is 2.89. The van der Waals surface area contributed by atoms with Crippen molar-refractivity contribution in [2.75, 3.05) is 17.3 Å². The molecular weight excluding hydrogens is 324 g/mol. The lowest BCUT2D eigenvalue weighted by molar-refractivity contribution is 0.0993. The molecule has 0 fully saturated rings. The second kappa shape index (κ2) is 7.66. The van der Waals surface area contributed by atoms with Crippen LogP contribution >= 0.6 is 0 Å². The molecule has 0 bridgehead atoms. The summed E-state index contributed by atoms with van der Waals surface area (Å²) in [6.07, 6.45) is 0. The average molecular weight is 344 g/mol. The van der Waals surface area contributed by atoms with E-state index in [2.05, 4.69) is 5.32 Å². The summed E-state index contributed by atoms with van der Waals surface area (Å²) < 4.78 is 0. The molecule has 2 amide bonds. The molecule has 0 spiro atoms. The van der Waals surface area contributed by atoms with Gasteiger partial charge in [-0.05, 0) is 48.9 Å². The molecule has 26 heavy (non-hydrogen) atoms. The topological polar surface area (TPSA) is 49.4 Å². The number of para-hydroxylation sites is 2. The first kappa shape index (κ1) is 17.4. The zero-order chi connectivity index (χ0) is 18.5. The minimum atomic E-state index is -0.240. The van der Waals surface area contributed by atoms with Crippen LogP contribution in [-0.2, 0) is 0 Å². The van der Waals surface area contributed by atoms with Crippen molar-refractivity contribution in [1.29, 1.82) is 0 Å². The average Bonchev–Trinajstić information content (AvgIpc) is 2.69. The third kappa shape index (κ3) is 3.81. The number of nitrogens with zero attached hydrogens (tertiary/aromatic N) is 1. The summed E-state index contributed by atoms with van der Waals surface area (Å²) in [6, 6.07) is 23.7. The molecule has 1 N–H and O–H groups in total. The van der Waals surface area contributed by atoms with E-state index in [-0.39, 0.29) is 11.8 Å². The highest BCUT2D eigenvalue weighted by Gasteiger charge is 2.15. The van der Waals surface area contributed by atoms with Gasteiger partial charge in [-0.3, -0.25) is 9.59 Å². The van der Waals surface area contributed by atoms with E-state index in [9.17, 15) is 9.59 Å². The molecule has 4 nitrogen and oxygen atoms in total. The number of carbonyl (C=O) groups excluding carboxylic acids is 2. The van der Waals surface area contributed by atoms with Gasteiger partial charge < -0.3 is 10.2 Å². The third-order valence-electron chi connectivity index (χ3n) is 4.21. The standard InChI is InChI=1S/C22H20N2O2/c1-16-9-6-7-14-20(16)23-21(25)17-10-8-11-18(15-17)22(26)24(2)19-12-4-3-5-13-19/h3-15H,1-2H3,(H,23,25). The quantitative estimate of drug-likeness (QED) is 0.756. The Kier molecular flexibility index (Phi) is 5.13. The molecule has 0 aliphatic rings. The fraction of sp³-hybridized carbons (Fsp3) is 0.0909. The van der Waals surface area contributed by atoms with E-state index in [4.69, 9.17) is 0 Å². The zero-order valence-corrected chi connectivity index (χ0v) is 14.8. The van der Waals surface area contributed by atoms with Crippen LogP contribution < -0.4 is 10.2 Å². The third-order valence-corrected chi connectivity index (χ3v) is 4.21. The molecule has 0 heterocycles. The highest BCUT2D eigenvalue weighted by atomic mass is 16.2. The number of aryl methyl sites for hydroxylation is 1. The smallest absolute Gasteiger partial charge is 0.258 e. The number of rotatable bonds is 4. The number of amides is 2. The van der Waals surface area contributed by atoms with Gasteiger partial charge in [-0.25, -0.2) is 0 Å². The van der Waals surface area contributed by atoms with Gasteiger partial charge in [-0.1, -0.05) is 42.5 Å². The van der Waals surface area contributed by atoms with Crippen LogP contribution in [0.3, 0.4) is 0 Å². The predicted molar refractivity (Wildman–Crippen MR) is 105 cm³/mol. The first-order valence-corrected chi connectivity index (χ1v) is 8.36. The second-order valence-electron chi connectivity index (χ2n) is 6.05. The lowest BCUT2D eigenvalue weighted by atomic mass is 10.1. The number of benzene rings is 3. The Hall–Kier alpha value is -3.40. The summed E-state index contributed by atoms with van der Waals surface area (Å²) >= 11 is 0. The maximum absolute atomic E-state index is 12.7. The fourth-order valence-electron chi connectivity index (χ4n) is 2.66. The second-order valence-corrected chi connectivity index (χ2v) is 6.05. The lowest BCUT2D eigenvalue weighted by Crippen LogP contribution is -2.26. The Balaban J connectivity index is 1.80. The molecule has 0 radical (unpaired) electrons. The molecule has 130 valence electrons. The molecule has 0 unspecified atom stereocenters. The lowest BCUT2D eigenvalue weighted by Gasteiger charge is -2.17. The van der Waals surface area contributed by atoms with Gasteiger partial charge in [0.15, 0.2) is 0 Å². The van der Waals surface area contributed by atoms with E-state index in [1.165, 1.54) is 0 Å². The molecule has 0 aliphatic heterocycles. The first-order valence-electron chi connectivity index (χ1n) is 8.36. The molecule has 0 atom stereocenters. The van der Waals surface area contributed by atoms with Crippen LogP contribution in [0.5, 0.6) is 0 Å². The van der Waals surface area contributed by atoms with Gasteiger partial charge in [0.05, 0.1) is 0 Å². The molecule has 0 saturated heterocycles. The van der Waals surface area contributed by atoms with E-state index in [0.717, 1.165) is 16.9 Å². The Morgan fingerprint density at radius 3 is 2.19 bits per heavy atom. The molecule has 0 saturated carbocycles. The Morgan fingerprint density at radius 2 is 1.46 bits per heavy atom. The van der Waals surface area contributed by atoms with Gasteiger partial charge in [0.25, 0.3) is 11.8 Å². The number of carbonyl (C=O) groups is 2. The van der Waals surface area contributed by atoms with Crippen LogP contribution in [0.4, 0.5) is 11.4 Å². The zero-order valence-electron chi connectivity index (χ0n) is 14.8. The fourth-order valence-corrected chi connectivity index (χ4v) is 2.66. The van der Waals surface area contributed by atoms with Crippen LogP contribution in [0, 0.1) is 6.92 Å². The minimum Gasteiger partial charge on any atom is -0.322 e. The van der Waals surface area contributed by atoms with Crippen molar-refractivity contribution in [3.8, 4) is 0 Å². The summed E-state index contributed by atoms with van der Waals surface area (Å²) in [4.78, 5) is 26.8. The number of hydrogen-bond donors (Lipinski definition) is 1. The van der Waals surface area contributed by atoms with Crippen LogP contribution in [0.1, 0.15) is 26.3 Å². The van der Waals surface area contributed by atoms with Crippen molar-refractivity contribution in [2.24, 2.45) is 0 Å². The molecule has 3 aromatic carbocycles. The van der Waals surface area contributed by atoms with E-state index in [1.54, 1.807) is 36.2 Å². The molecule has 4 heteroatoms. The summed E-state index contributed by atoms with van der Waals surface area (Å²) in [7, 11) is 1.72. The highest BCUT2D eigenvalue weighted by Crippen LogP contribution is 2.18. The molecule has 3 aromatic rings. The molecule has 0 aliphatic carbocycles. The maximum Gasteiger partial charge on any atom is 0.258 e. The van der Waals surface area contributed by atoms with E-state index >= 15 is 0 Å². The van der Waals surface area contributed by atoms with E-state index < -0.39 is 0 Å². The van der Waals surface area contributed by atoms with Crippen LogP contribution in [0.2, 0.25) is 0 Å². The predicted octanol–water partition coefficient (Wildman–Crippen LogP) is 4.52. The summed E-state index contributed by atoms with van der Waals surface area (Å²) in [5.74, 6) is -0.405. The summed E-state index contributed by atoms with van der Waals surface area (Å²) in [6.45, 7) is 1.93. The van der Waals surface area contributed by atoms with Gasteiger partial charge in [0.2, 0.25) is 0 Å². The Morgan fingerprint density at radius 1 is 0.808 bits per heavy atom. The van der Waals surface area contributed by atoms with Crippen molar-refractivity contribution >= 4 is 23.2 Å². The summed E-state index contributed by atoms with van der Waals surface area (Å²) in [5.41, 5.74) is 3.45. The van der Waals surface area contributed by atoms with Crippen LogP contribution in [-0.4, -0.2) is 18.9 Å². The van der Waals surface area contributed by atoms with E-state index in [1.807, 2.05) is 61.5 Å². The monoisotopic (exact) mass is 344 g/mol. The van der Waals surface area contributed by atoms with Gasteiger partial charge in [-0.2, -0.15) is 0 Å². The van der Waals surface area contributed by atoms with E-state index in [0.29, 0.717) is 11.1 Å². The van der Waals surface area contributed by atoms with Crippen molar-refractivity contribution in [3.05, 3.63) is 95.6 Å². The largest absolute Gasteiger partial charge is 0.322 e. The number of anilines is 2. The van der Waals surface area contributed by atoms with Crippen LogP contribution in [0.15, 0.2) is 78.9 Å². The molecule has 3 rings (SSSR count). The first-order chi connectivity index (χ1) is 12.6. The van der Waals surface area contributed by atoms with Gasteiger partial charge >= 0.3 is 0 Å². The number of nitrogens with one attached hydrogen (secondary N) is 1. The number of hydrogen-bond acceptors (Lipinski definition) is 2. The minimum absolute atomic E-state index is 0.165. The van der Waals surface area contributed by atoms with Crippen molar-refractivity contribution in [1.82, 2.24) is 0 Å². The maximum atomic E-state index is 12.7. The SMILES string of the molecule is Cc1ccccc1NC(=O)c1cccc(C(=O)N(C)c2ccccc2)c1. The normalized spacial score (nSPS) is 10.2. The Labute approximate surface area is 153 Å². The van der Waals surface area contributed by atoms with Crippen molar-refractivity contribution < 1.29 is 9.59 Å². The Bertz CT molecular complexity index is 936. The highest BCUT2D eigenvalue weighted by molar-refractivity contribution is 6.09. The molecule has 0 aromatic heterocycles. The van der Waals surface area contributed by atoms with Gasteiger partial charge in [0, 0.05) is 29.5 Å². The van der Waals surface area contributed by atoms with Crippen molar-refractivity contribution in [3.63, 3.8) is 0 Å². The van der Waals surface area contributed by atoms with Crippen LogP contribution in [0.25, 0.3) is 0 Å². The molecular formula is C22H20N2O2. The van der Waals surface area contributed by atoms with Gasteiger partial charge in [-0.15, -0.1) is 0 Å².